The van der Waals surface area contributed by atoms with Gasteiger partial charge in [-0.1, -0.05) is 22.1 Å². The van der Waals surface area contributed by atoms with Gasteiger partial charge in [-0.3, -0.25) is 0 Å². The third kappa shape index (κ3) is 7.74. The first-order chi connectivity index (χ1) is 5.91. The summed E-state index contributed by atoms with van der Waals surface area (Å²) in [5.41, 5.74) is 15.7. The van der Waals surface area contributed by atoms with E-state index in [1.165, 1.54) is 0 Å². The summed E-state index contributed by atoms with van der Waals surface area (Å²) in [7, 11) is 0. The molecule has 0 unspecified atom stereocenters. The Labute approximate surface area is 68.8 Å². The average molecular weight is 160 g/mol. The SMILES string of the molecule is [N-]=[N+]=NCC#CC#CCN=[N+]=[N-]. The Morgan fingerprint density at radius 3 is 1.67 bits per heavy atom. The van der Waals surface area contributed by atoms with Crippen LogP contribution in [0.5, 0.6) is 0 Å². The van der Waals surface area contributed by atoms with E-state index in [0.29, 0.717) is 0 Å². The van der Waals surface area contributed by atoms with Gasteiger partial charge in [0, 0.05) is 9.82 Å². The molecule has 58 valence electrons. The molecule has 0 heterocycles. The highest BCUT2D eigenvalue weighted by Crippen LogP contribution is 1.67. The van der Waals surface area contributed by atoms with E-state index in [2.05, 4.69) is 43.7 Å². The maximum absolute atomic E-state index is 7.84. The molecule has 0 aromatic heterocycles. The first-order valence-electron chi connectivity index (χ1n) is 2.89. The van der Waals surface area contributed by atoms with Crippen molar-refractivity contribution in [1.82, 2.24) is 0 Å². The molecule has 0 aliphatic carbocycles. The van der Waals surface area contributed by atoms with Crippen LogP contribution in [0, 0.1) is 23.7 Å². The Morgan fingerprint density at radius 1 is 0.917 bits per heavy atom. The second-order valence-electron chi connectivity index (χ2n) is 1.38. The largest absolute Gasteiger partial charge is 0.0887 e. The summed E-state index contributed by atoms with van der Waals surface area (Å²) in [5, 5.41) is 6.33. The minimum absolute atomic E-state index is 0.104. The van der Waals surface area contributed by atoms with Crippen molar-refractivity contribution in [2.24, 2.45) is 10.2 Å². The van der Waals surface area contributed by atoms with Crippen molar-refractivity contribution in [3.8, 4) is 23.7 Å². The lowest BCUT2D eigenvalue weighted by atomic mass is 10.5. The Morgan fingerprint density at radius 2 is 1.33 bits per heavy atom. The fraction of sp³-hybridized carbons (Fsp3) is 0.333. The smallest absolute Gasteiger partial charge is 0.0831 e. The van der Waals surface area contributed by atoms with Gasteiger partial charge in [0.1, 0.15) is 0 Å². The summed E-state index contributed by atoms with van der Waals surface area (Å²) in [6.45, 7) is 0.208. The Balaban J connectivity index is 3.72. The molecule has 0 aliphatic rings. The van der Waals surface area contributed by atoms with Crippen molar-refractivity contribution in [2.45, 2.75) is 0 Å². The predicted molar refractivity (Wildman–Crippen MR) is 43.6 cm³/mol. The molecule has 0 aromatic rings. The third-order valence-electron chi connectivity index (χ3n) is 0.665. The summed E-state index contributed by atoms with van der Waals surface area (Å²) in [4.78, 5) is 4.98. The maximum atomic E-state index is 7.84. The van der Waals surface area contributed by atoms with Crippen LogP contribution in [0.1, 0.15) is 0 Å². The second-order valence-corrected chi connectivity index (χ2v) is 1.38. The van der Waals surface area contributed by atoms with Gasteiger partial charge in [-0.25, -0.2) is 0 Å². The molecule has 0 saturated heterocycles. The lowest BCUT2D eigenvalue weighted by Gasteiger charge is -1.66. The summed E-state index contributed by atoms with van der Waals surface area (Å²) in [5.74, 6) is 9.81. The fourth-order valence-electron chi connectivity index (χ4n) is 0.301. The van der Waals surface area contributed by atoms with Crippen LogP contribution >= 0.6 is 0 Å². The topological polar surface area (TPSA) is 97.5 Å². The first-order valence-corrected chi connectivity index (χ1v) is 2.89. The zero-order valence-corrected chi connectivity index (χ0v) is 6.10. The van der Waals surface area contributed by atoms with Crippen molar-refractivity contribution in [3.05, 3.63) is 20.9 Å². The van der Waals surface area contributed by atoms with Gasteiger partial charge in [0.2, 0.25) is 0 Å². The molecule has 0 N–H and O–H groups in total. The highest BCUT2D eigenvalue weighted by molar-refractivity contribution is 5.26. The van der Waals surface area contributed by atoms with Gasteiger partial charge in [0.15, 0.2) is 0 Å². The molecule has 0 spiro atoms. The van der Waals surface area contributed by atoms with Crippen LogP contribution in [0.3, 0.4) is 0 Å². The lowest BCUT2D eigenvalue weighted by molar-refractivity contribution is 1.25. The van der Waals surface area contributed by atoms with Crippen molar-refractivity contribution in [1.29, 1.82) is 0 Å². The molecular weight excluding hydrogens is 156 g/mol. The van der Waals surface area contributed by atoms with Crippen LogP contribution < -0.4 is 0 Å². The minimum Gasteiger partial charge on any atom is -0.0831 e. The van der Waals surface area contributed by atoms with Gasteiger partial charge in [0.05, 0.1) is 13.1 Å². The van der Waals surface area contributed by atoms with E-state index < -0.39 is 0 Å². The third-order valence-corrected chi connectivity index (χ3v) is 0.665. The lowest BCUT2D eigenvalue weighted by Crippen LogP contribution is -1.68. The molecule has 0 radical (unpaired) electrons. The van der Waals surface area contributed by atoms with Crippen molar-refractivity contribution in [3.63, 3.8) is 0 Å². The number of nitrogens with zero attached hydrogens (tertiary/aromatic N) is 6. The van der Waals surface area contributed by atoms with E-state index >= 15 is 0 Å². The van der Waals surface area contributed by atoms with Crippen LogP contribution in [0.4, 0.5) is 0 Å². The van der Waals surface area contributed by atoms with Gasteiger partial charge in [-0.15, -0.1) is 0 Å². The zero-order valence-electron chi connectivity index (χ0n) is 6.10. The number of hydrogen-bond acceptors (Lipinski definition) is 2. The molecule has 0 aromatic carbocycles. The van der Waals surface area contributed by atoms with E-state index in [1.807, 2.05) is 0 Å². The van der Waals surface area contributed by atoms with Gasteiger partial charge < -0.3 is 0 Å². The van der Waals surface area contributed by atoms with E-state index in [9.17, 15) is 0 Å². The van der Waals surface area contributed by atoms with E-state index in [4.69, 9.17) is 11.1 Å². The van der Waals surface area contributed by atoms with Crippen molar-refractivity contribution >= 4 is 0 Å². The average Bonchev–Trinajstić information content (AvgIpc) is 2.10. The minimum atomic E-state index is 0.104. The number of azide groups is 2. The standard InChI is InChI=1S/C6H4N6/c7-11-9-5-3-1-2-4-6-10-12-8/h5-6H2. The molecule has 0 saturated carbocycles. The zero-order chi connectivity index (χ0) is 9.07. The monoisotopic (exact) mass is 160 g/mol. The molecule has 6 nitrogen and oxygen atoms in total. The van der Waals surface area contributed by atoms with Crippen LogP contribution in [-0.2, 0) is 0 Å². The predicted octanol–water partition coefficient (Wildman–Crippen LogP) is 1.61. The molecule has 0 fully saturated rings. The highest BCUT2D eigenvalue weighted by Gasteiger charge is 1.65. The van der Waals surface area contributed by atoms with E-state index in [1.54, 1.807) is 0 Å². The number of rotatable bonds is 2. The van der Waals surface area contributed by atoms with Gasteiger partial charge in [0.25, 0.3) is 0 Å². The summed E-state index contributed by atoms with van der Waals surface area (Å²) in [6.07, 6.45) is 0. The first kappa shape index (κ1) is 9.74. The molecular formula is C6H4N6. The quantitative estimate of drug-likeness (QED) is 0.254. The second kappa shape index (κ2) is 8.74. The molecule has 0 rings (SSSR count). The van der Waals surface area contributed by atoms with Gasteiger partial charge >= 0.3 is 0 Å². The van der Waals surface area contributed by atoms with Gasteiger partial charge in [-0.05, 0) is 22.9 Å². The summed E-state index contributed by atoms with van der Waals surface area (Å²) >= 11 is 0. The number of hydrogen-bond donors (Lipinski definition) is 0. The molecule has 0 bridgehead atoms. The Hall–Kier alpha value is -2.26. The van der Waals surface area contributed by atoms with E-state index in [0.717, 1.165) is 0 Å². The van der Waals surface area contributed by atoms with Crippen molar-refractivity contribution in [2.75, 3.05) is 13.1 Å². The molecule has 6 heteroatoms. The fourth-order valence-corrected chi connectivity index (χ4v) is 0.301. The summed E-state index contributed by atoms with van der Waals surface area (Å²) < 4.78 is 0. The summed E-state index contributed by atoms with van der Waals surface area (Å²) in [6, 6.07) is 0. The molecule has 0 amide bonds. The van der Waals surface area contributed by atoms with Crippen LogP contribution in [-0.4, -0.2) is 13.1 Å². The van der Waals surface area contributed by atoms with Crippen LogP contribution in [0.15, 0.2) is 10.2 Å². The molecule has 0 aliphatic heterocycles. The Kier molecular flexibility index (Phi) is 7.09. The Bertz CT molecular complexity index is 300. The molecule has 0 atom stereocenters. The van der Waals surface area contributed by atoms with Crippen molar-refractivity contribution < 1.29 is 0 Å². The maximum Gasteiger partial charge on any atom is 0.0887 e. The highest BCUT2D eigenvalue weighted by atomic mass is 15.1. The van der Waals surface area contributed by atoms with E-state index in [-0.39, 0.29) is 13.1 Å². The van der Waals surface area contributed by atoms with Crippen LogP contribution in [0.25, 0.3) is 20.9 Å². The van der Waals surface area contributed by atoms with Gasteiger partial charge in [-0.2, -0.15) is 0 Å². The normalized spacial score (nSPS) is 5.67. The molecule has 12 heavy (non-hydrogen) atoms. The van der Waals surface area contributed by atoms with Crippen LogP contribution in [0.2, 0.25) is 0 Å².